The highest BCUT2D eigenvalue weighted by Gasteiger charge is 2.34. The fraction of sp³-hybridized carbons (Fsp3) is 0.550. The van der Waals surface area contributed by atoms with Gasteiger partial charge in [-0.15, -0.1) is 11.8 Å². The van der Waals surface area contributed by atoms with Gasteiger partial charge >= 0.3 is 5.76 Å². The Bertz CT molecular complexity index is 1030. The van der Waals surface area contributed by atoms with Gasteiger partial charge in [0.05, 0.1) is 22.4 Å². The van der Waals surface area contributed by atoms with Crippen LogP contribution >= 0.6 is 11.8 Å². The third kappa shape index (κ3) is 5.46. The summed E-state index contributed by atoms with van der Waals surface area (Å²) in [5.41, 5.74) is 0.426. The van der Waals surface area contributed by atoms with Crippen LogP contribution < -0.4 is 11.1 Å². The number of nitro benzene ring substituents is 1. The van der Waals surface area contributed by atoms with Gasteiger partial charge in [-0.3, -0.25) is 24.3 Å². The minimum atomic E-state index is -0.623. The van der Waals surface area contributed by atoms with E-state index in [1.165, 1.54) is 22.8 Å². The summed E-state index contributed by atoms with van der Waals surface area (Å²) >= 11 is 1.54. The van der Waals surface area contributed by atoms with Crippen molar-refractivity contribution in [3.05, 3.63) is 38.9 Å². The molecule has 1 aromatic carbocycles. The zero-order valence-electron chi connectivity index (χ0n) is 17.5. The molecule has 1 N–H and O–H groups in total. The maximum Gasteiger partial charge on any atom is 0.419 e. The molecule has 2 amide bonds. The normalized spacial score (nSPS) is 16.2. The van der Waals surface area contributed by atoms with E-state index in [1.54, 1.807) is 16.7 Å². The molecule has 168 valence electrons. The molecule has 0 bridgehead atoms. The van der Waals surface area contributed by atoms with Crippen molar-refractivity contribution in [1.82, 2.24) is 14.8 Å². The van der Waals surface area contributed by atoms with Crippen molar-refractivity contribution in [2.24, 2.45) is 5.92 Å². The summed E-state index contributed by atoms with van der Waals surface area (Å²) in [4.78, 5) is 49.2. The molecule has 2 aromatic rings. The van der Waals surface area contributed by atoms with Crippen LogP contribution in [0.4, 0.5) is 5.69 Å². The van der Waals surface area contributed by atoms with E-state index in [-0.39, 0.29) is 36.1 Å². The lowest BCUT2D eigenvalue weighted by atomic mass is 10.1. The average molecular weight is 451 g/mol. The number of hydrogen-bond acceptors (Lipinski definition) is 7. The highest BCUT2D eigenvalue weighted by molar-refractivity contribution is 7.99. The molecule has 10 nitrogen and oxygen atoms in total. The van der Waals surface area contributed by atoms with E-state index in [1.807, 2.05) is 0 Å². The molecule has 0 aliphatic carbocycles. The number of nitrogens with zero attached hydrogens (tertiary/aromatic N) is 3. The van der Waals surface area contributed by atoms with Gasteiger partial charge in [-0.1, -0.05) is 13.8 Å². The summed E-state index contributed by atoms with van der Waals surface area (Å²) in [5, 5.41) is 13.8. The molecule has 0 saturated carbocycles. The monoisotopic (exact) mass is 450 g/mol. The van der Waals surface area contributed by atoms with Crippen LogP contribution in [0.5, 0.6) is 0 Å². The lowest BCUT2D eigenvalue weighted by molar-refractivity contribution is -0.384. The molecule has 1 aliphatic rings. The fourth-order valence-electron chi connectivity index (χ4n) is 3.42. The van der Waals surface area contributed by atoms with Crippen molar-refractivity contribution >= 4 is 40.4 Å². The van der Waals surface area contributed by atoms with Crippen LogP contribution in [0.15, 0.2) is 27.4 Å². The lowest BCUT2D eigenvalue weighted by Crippen LogP contribution is -2.47. The largest absolute Gasteiger partial charge is 0.419 e. The van der Waals surface area contributed by atoms with Crippen LogP contribution in [-0.2, 0) is 16.1 Å². The van der Waals surface area contributed by atoms with Crippen molar-refractivity contribution in [2.45, 2.75) is 45.7 Å². The molecule has 0 radical (unpaired) electrons. The van der Waals surface area contributed by atoms with E-state index in [9.17, 15) is 24.5 Å². The van der Waals surface area contributed by atoms with E-state index < -0.39 is 16.7 Å². The third-order valence-corrected chi connectivity index (χ3v) is 6.17. The van der Waals surface area contributed by atoms with E-state index in [0.717, 1.165) is 6.42 Å². The molecule has 0 spiro atoms. The van der Waals surface area contributed by atoms with Crippen LogP contribution in [-0.4, -0.2) is 50.4 Å². The first kappa shape index (κ1) is 22.9. The Morgan fingerprint density at radius 1 is 1.39 bits per heavy atom. The molecule has 31 heavy (non-hydrogen) atoms. The molecule has 1 aliphatic heterocycles. The Kier molecular flexibility index (Phi) is 7.37. The first-order chi connectivity index (χ1) is 14.8. The summed E-state index contributed by atoms with van der Waals surface area (Å²) < 4.78 is 6.46. The summed E-state index contributed by atoms with van der Waals surface area (Å²) in [7, 11) is 0. The molecule has 2 heterocycles. The Hall–Kier alpha value is -2.82. The number of non-ortho nitro benzene ring substituents is 1. The van der Waals surface area contributed by atoms with Crippen LogP contribution in [0, 0.1) is 16.0 Å². The molecule has 1 fully saturated rings. The number of aryl methyl sites for hydroxylation is 1. The SMILES string of the molecule is CC(C)CCNC(=O)[C@H]1CSCN1C(=O)CCCn1c(=O)oc2cc([N+](=O)[O-])ccc21. The van der Waals surface area contributed by atoms with Gasteiger partial charge in [0.2, 0.25) is 11.8 Å². The zero-order chi connectivity index (χ0) is 22.5. The minimum Gasteiger partial charge on any atom is -0.407 e. The second-order valence-electron chi connectivity index (χ2n) is 7.89. The summed E-state index contributed by atoms with van der Waals surface area (Å²) in [5.74, 6) is 0.651. The number of nitro groups is 1. The second kappa shape index (κ2) is 9.99. The summed E-state index contributed by atoms with van der Waals surface area (Å²) in [6, 6.07) is 3.52. The first-order valence-electron chi connectivity index (χ1n) is 10.2. The number of hydrogen-bond donors (Lipinski definition) is 1. The number of thioether (sulfide) groups is 1. The topological polar surface area (TPSA) is 128 Å². The highest BCUT2D eigenvalue weighted by atomic mass is 32.2. The van der Waals surface area contributed by atoms with Crippen LogP contribution in [0.25, 0.3) is 11.1 Å². The number of aromatic nitrogens is 1. The number of amides is 2. The van der Waals surface area contributed by atoms with E-state index >= 15 is 0 Å². The van der Waals surface area contributed by atoms with E-state index in [0.29, 0.717) is 36.0 Å². The Morgan fingerprint density at radius 2 is 2.16 bits per heavy atom. The molecule has 1 saturated heterocycles. The second-order valence-corrected chi connectivity index (χ2v) is 8.88. The van der Waals surface area contributed by atoms with Gasteiger partial charge in [0.15, 0.2) is 5.58 Å². The quantitative estimate of drug-likeness (QED) is 0.459. The number of rotatable bonds is 9. The highest BCUT2D eigenvalue weighted by Crippen LogP contribution is 2.23. The first-order valence-corrected chi connectivity index (χ1v) is 11.4. The van der Waals surface area contributed by atoms with Gasteiger partial charge in [-0.25, -0.2) is 4.79 Å². The number of benzene rings is 1. The van der Waals surface area contributed by atoms with Crippen molar-refractivity contribution in [2.75, 3.05) is 18.2 Å². The molecular weight excluding hydrogens is 424 g/mol. The smallest absolute Gasteiger partial charge is 0.407 e. The van der Waals surface area contributed by atoms with Gasteiger partial charge in [0, 0.05) is 31.3 Å². The molecule has 3 rings (SSSR count). The average Bonchev–Trinajstić information content (AvgIpc) is 3.32. The Labute approximate surface area is 183 Å². The van der Waals surface area contributed by atoms with Crippen molar-refractivity contribution in [3.63, 3.8) is 0 Å². The Balaban J connectivity index is 1.57. The maximum absolute atomic E-state index is 12.7. The van der Waals surface area contributed by atoms with Crippen molar-refractivity contribution in [3.8, 4) is 0 Å². The molecule has 11 heteroatoms. The summed E-state index contributed by atoms with van der Waals surface area (Å²) in [6.45, 7) is 5.00. The van der Waals surface area contributed by atoms with Crippen LogP contribution in [0.1, 0.15) is 33.1 Å². The summed E-state index contributed by atoms with van der Waals surface area (Å²) in [6.07, 6.45) is 1.45. The third-order valence-electron chi connectivity index (χ3n) is 5.16. The van der Waals surface area contributed by atoms with Gasteiger partial charge in [-0.2, -0.15) is 0 Å². The number of oxazole rings is 1. The zero-order valence-corrected chi connectivity index (χ0v) is 18.4. The van der Waals surface area contributed by atoms with Crippen molar-refractivity contribution < 1.29 is 18.9 Å². The predicted octanol–water partition coefficient (Wildman–Crippen LogP) is 2.35. The molecule has 1 aromatic heterocycles. The number of fused-ring (bicyclic) bond motifs is 1. The number of carbonyl (C=O) groups is 2. The maximum atomic E-state index is 12.7. The van der Waals surface area contributed by atoms with Crippen LogP contribution in [0.3, 0.4) is 0 Å². The van der Waals surface area contributed by atoms with Gasteiger partial charge in [0.25, 0.3) is 5.69 Å². The number of nitrogens with one attached hydrogen (secondary N) is 1. The molecule has 0 unspecified atom stereocenters. The molecular formula is C20H26N4O6S. The predicted molar refractivity (Wildman–Crippen MR) is 117 cm³/mol. The standard InChI is InChI=1S/C20H26N4O6S/c1-13(2)7-8-21-19(26)16-11-31-12-23(16)18(25)4-3-9-22-15-6-5-14(24(28)29)10-17(15)30-20(22)27/h5-6,10,13,16H,3-4,7-9,11-12H2,1-2H3,(H,21,26)/t16-/m1/s1. The van der Waals surface area contributed by atoms with Crippen molar-refractivity contribution in [1.29, 1.82) is 0 Å². The fourth-order valence-corrected chi connectivity index (χ4v) is 4.60. The molecule has 1 atom stereocenters. The van der Waals surface area contributed by atoms with Gasteiger partial charge in [-0.05, 0) is 24.8 Å². The van der Waals surface area contributed by atoms with Crippen LogP contribution in [0.2, 0.25) is 0 Å². The van der Waals surface area contributed by atoms with E-state index in [4.69, 9.17) is 4.42 Å². The lowest BCUT2D eigenvalue weighted by Gasteiger charge is -2.23. The minimum absolute atomic E-state index is 0.127. The van der Waals surface area contributed by atoms with E-state index in [2.05, 4.69) is 19.2 Å². The number of carbonyl (C=O) groups excluding carboxylic acids is 2. The Morgan fingerprint density at radius 3 is 2.87 bits per heavy atom. The van der Waals surface area contributed by atoms with Gasteiger partial charge in [0.1, 0.15) is 6.04 Å². The van der Waals surface area contributed by atoms with Gasteiger partial charge < -0.3 is 14.6 Å².